The van der Waals surface area contributed by atoms with Crippen molar-refractivity contribution >= 4 is 64.4 Å². The van der Waals surface area contributed by atoms with E-state index in [1.54, 1.807) is 32.4 Å². The van der Waals surface area contributed by atoms with E-state index in [2.05, 4.69) is 37.4 Å². The largest absolute Gasteiger partial charge is 0.495 e. The van der Waals surface area contributed by atoms with Crippen LogP contribution in [0, 0.1) is 0 Å². The van der Waals surface area contributed by atoms with Crippen LogP contribution >= 0.6 is 24.0 Å². The molecule has 0 atom stereocenters. The van der Waals surface area contributed by atoms with Crippen molar-refractivity contribution in [1.82, 2.24) is 9.97 Å². The van der Waals surface area contributed by atoms with E-state index in [0.717, 1.165) is 18.8 Å². The molecule has 1 saturated heterocycles. The van der Waals surface area contributed by atoms with Gasteiger partial charge in [-0.05, 0) is 36.4 Å². The van der Waals surface area contributed by atoms with Gasteiger partial charge in [-0.15, -0.1) is 12.4 Å². The Kier molecular flexibility index (Phi) is 9.78. The fourth-order valence-electron chi connectivity index (χ4n) is 3.64. The number of ether oxygens (including phenoxy) is 3. The van der Waals surface area contributed by atoms with Crippen molar-refractivity contribution in [2.45, 2.75) is 0 Å². The Labute approximate surface area is 226 Å². The first-order valence-electron chi connectivity index (χ1n) is 11.2. The van der Waals surface area contributed by atoms with Gasteiger partial charge in [0.25, 0.3) is 0 Å². The summed E-state index contributed by atoms with van der Waals surface area (Å²) >= 11 is 6.39. The lowest BCUT2D eigenvalue weighted by atomic mass is 10.2. The molecule has 2 heterocycles. The van der Waals surface area contributed by atoms with Gasteiger partial charge in [0.2, 0.25) is 11.9 Å². The van der Waals surface area contributed by atoms with E-state index in [-0.39, 0.29) is 24.3 Å². The number of aromatic nitrogens is 2. The van der Waals surface area contributed by atoms with Crippen molar-refractivity contribution in [1.29, 1.82) is 0 Å². The molecule has 0 bridgehead atoms. The van der Waals surface area contributed by atoms with E-state index in [4.69, 9.17) is 25.8 Å². The second-order valence-corrected chi connectivity index (χ2v) is 8.14. The van der Waals surface area contributed by atoms with Crippen LogP contribution in [0.2, 0.25) is 5.02 Å². The monoisotopic (exact) mass is 546 g/mol. The summed E-state index contributed by atoms with van der Waals surface area (Å²) in [6.07, 6.45) is 2.68. The molecule has 0 unspecified atom stereocenters. The maximum atomic E-state index is 11.7. The van der Waals surface area contributed by atoms with Crippen LogP contribution in [0.15, 0.2) is 55.3 Å². The summed E-state index contributed by atoms with van der Waals surface area (Å²) in [4.78, 5) is 22.7. The lowest BCUT2D eigenvalue weighted by molar-refractivity contribution is -0.111. The first kappa shape index (κ1) is 27.9. The Bertz CT molecular complexity index is 1250. The summed E-state index contributed by atoms with van der Waals surface area (Å²) in [7, 11) is 3.16. The van der Waals surface area contributed by atoms with Gasteiger partial charge in [-0.2, -0.15) is 4.98 Å². The van der Waals surface area contributed by atoms with Gasteiger partial charge in [-0.3, -0.25) is 4.79 Å². The van der Waals surface area contributed by atoms with Gasteiger partial charge in [0, 0.05) is 30.5 Å². The highest BCUT2D eigenvalue weighted by atomic mass is 35.5. The number of nitrogens with zero attached hydrogens (tertiary/aromatic N) is 3. The average molecular weight is 547 g/mol. The summed E-state index contributed by atoms with van der Waals surface area (Å²) < 4.78 is 16.5. The Morgan fingerprint density at radius 3 is 2.54 bits per heavy atom. The first-order valence-corrected chi connectivity index (χ1v) is 11.6. The number of hydrogen-bond acceptors (Lipinski definition) is 9. The van der Waals surface area contributed by atoms with Gasteiger partial charge in [-0.25, -0.2) is 4.98 Å². The van der Waals surface area contributed by atoms with Gasteiger partial charge in [-0.1, -0.05) is 18.2 Å². The summed E-state index contributed by atoms with van der Waals surface area (Å²) in [5.74, 6) is 1.53. The molecule has 37 heavy (non-hydrogen) atoms. The zero-order valence-corrected chi connectivity index (χ0v) is 22.0. The number of anilines is 6. The number of hydrogen-bond donors (Lipinski definition) is 3. The minimum Gasteiger partial charge on any atom is -0.495 e. The predicted molar refractivity (Wildman–Crippen MR) is 149 cm³/mol. The first-order chi connectivity index (χ1) is 17.5. The highest BCUT2D eigenvalue weighted by Gasteiger charge is 2.16. The summed E-state index contributed by atoms with van der Waals surface area (Å²) in [5, 5.41) is 9.39. The lowest BCUT2D eigenvalue weighted by Crippen LogP contribution is -2.36. The molecule has 12 heteroatoms. The molecule has 1 fully saturated rings. The third-order valence-corrected chi connectivity index (χ3v) is 5.73. The van der Waals surface area contributed by atoms with Crippen molar-refractivity contribution in [3.05, 3.63) is 60.3 Å². The number of carbonyl (C=O) groups is 1. The minimum atomic E-state index is -0.325. The number of carbonyl (C=O) groups excluding carboxylic acids is 1. The molecule has 0 saturated carbocycles. The van der Waals surface area contributed by atoms with Crippen molar-refractivity contribution in [2.75, 3.05) is 61.4 Å². The predicted octanol–water partition coefficient (Wildman–Crippen LogP) is 5.02. The number of morpholine rings is 1. The normalized spacial score (nSPS) is 12.7. The molecule has 1 aliphatic heterocycles. The van der Waals surface area contributed by atoms with Crippen LogP contribution in [0.4, 0.5) is 34.5 Å². The number of amides is 1. The van der Waals surface area contributed by atoms with Gasteiger partial charge < -0.3 is 35.1 Å². The molecule has 10 nitrogen and oxygen atoms in total. The van der Waals surface area contributed by atoms with Gasteiger partial charge in [0.1, 0.15) is 16.5 Å². The number of rotatable bonds is 9. The molecule has 2 aromatic carbocycles. The number of nitrogens with one attached hydrogen (secondary N) is 3. The molecule has 1 amide bonds. The molecule has 3 aromatic rings. The fraction of sp³-hybridized carbons (Fsp3) is 0.240. The van der Waals surface area contributed by atoms with Crippen LogP contribution in [0.3, 0.4) is 0 Å². The third-order valence-electron chi connectivity index (χ3n) is 5.46. The van der Waals surface area contributed by atoms with E-state index in [9.17, 15) is 4.79 Å². The summed E-state index contributed by atoms with van der Waals surface area (Å²) in [6, 6.07) is 11.0. The average Bonchev–Trinajstić information content (AvgIpc) is 2.91. The maximum Gasteiger partial charge on any atom is 0.247 e. The van der Waals surface area contributed by atoms with Crippen molar-refractivity contribution in [2.24, 2.45) is 0 Å². The van der Waals surface area contributed by atoms with Crippen LogP contribution in [0.1, 0.15) is 0 Å². The zero-order valence-electron chi connectivity index (χ0n) is 20.4. The van der Waals surface area contributed by atoms with E-state index in [0.29, 0.717) is 52.6 Å². The van der Waals surface area contributed by atoms with Gasteiger partial charge in [0.15, 0.2) is 5.82 Å². The molecular formula is C25H28Cl2N6O4. The Morgan fingerprint density at radius 1 is 1.08 bits per heavy atom. The van der Waals surface area contributed by atoms with Crippen LogP contribution < -0.4 is 30.3 Å². The quantitative estimate of drug-likeness (QED) is 0.318. The fourth-order valence-corrected chi connectivity index (χ4v) is 3.78. The maximum absolute atomic E-state index is 11.7. The van der Waals surface area contributed by atoms with E-state index in [1.807, 2.05) is 18.2 Å². The Hall–Kier alpha value is -3.73. The lowest BCUT2D eigenvalue weighted by Gasteiger charge is -2.29. The van der Waals surface area contributed by atoms with Gasteiger partial charge >= 0.3 is 0 Å². The van der Waals surface area contributed by atoms with Crippen LogP contribution in [0.5, 0.6) is 11.5 Å². The zero-order chi connectivity index (χ0) is 25.5. The smallest absolute Gasteiger partial charge is 0.247 e. The topological polar surface area (TPSA) is 110 Å². The molecule has 196 valence electrons. The van der Waals surface area contributed by atoms with E-state index >= 15 is 0 Å². The Balaban J connectivity index is 0.00000380. The molecule has 0 spiro atoms. The highest BCUT2D eigenvalue weighted by molar-refractivity contribution is 6.33. The standard InChI is InChI=1S/C25H27ClN6O4.ClH/c1-4-23(33)28-16-5-8-21(34-2)20(13-16)30-25-27-15-18(26)24(31-25)29-19-7-6-17(14-22(19)35-3)32-9-11-36-12-10-32;/h4-8,13-15H,1,9-12H2,2-3H3,(H,28,33)(H2,27,29,30,31);1H. The minimum absolute atomic E-state index is 0. The van der Waals surface area contributed by atoms with E-state index < -0.39 is 0 Å². The molecule has 1 aliphatic rings. The molecule has 0 aliphatic carbocycles. The van der Waals surface area contributed by atoms with Gasteiger partial charge in [0.05, 0.1) is 45.0 Å². The second-order valence-electron chi connectivity index (χ2n) is 7.73. The number of methoxy groups -OCH3 is 2. The Morgan fingerprint density at radius 2 is 1.84 bits per heavy atom. The summed E-state index contributed by atoms with van der Waals surface area (Å²) in [6.45, 7) is 6.51. The molecule has 0 radical (unpaired) electrons. The number of halogens is 2. The van der Waals surface area contributed by atoms with Crippen LogP contribution in [0.25, 0.3) is 0 Å². The van der Waals surface area contributed by atoms with Crippen molar-refractivity contribution < 1.29 is 19.0 Å². The van der Waals surface area contributed by atoms with E-state index in [1.165, 1.54) is 12.3 Å². The third kappa shape index (κ3) is 6.94. The molecule has 3 N–H and O–H groups in total. The van der Waals surface area contributed by atoms with Crippen LogP contribution in [-0.2, 0) is 9.53 Å². The second kappa shape index (κ2) is 13.0. The van der Waals surface area contributed by atoms with Crippen molar-refractivity contribution in [3.63, 3.8) is 0 Å². The summed E-state index contributed by atoms with van der Waals surface area (Å²) in [5.41, 5.74) is 2.86. The van der Waals surface area contributed by atoms with Crippen molar-refractivity contribution in [3.8, 4) is 11.5 Å². The SMILES string of the molecule is C=CC(=O)Nc1ccc(OC)c(Nc2ncc(Cl)c(Nc3ccc(N4CCOCC4)cc3OC)n2)c1.Cl. The molecule has 4 rings (SSSR count). The number of benzene rings is 2. The molecule has 1 aromatic heterocycles. The van der Waals surface area contributed by atoms with Crippen LogP contribution in [-0.4, -0.2) is 56.4 Å². The highest BCUT2D eigenvalue weighted by Crippen LogP contribution is 2.35. The molecular weight excluding hydrogens is 519 g/mol.